The van der Waals surface area contributed by atoms with Crippen LogP contribution in [0.25, 0.3) is 22.6 Å². The fourth-order valence-electron chi connectivity index (χ4n) is 2.27. The lowest BCUT2D eigenvalue weighted by molar-refractivity contribution is 0.343. The summed E-state index contributed by atoms with van der Waals surface area (Å²) >= 11 is 0. The van der Waals surface area contributed by atoms with Gasteiger partial charge in [0.15, 0.2) is 5.75 Å². The van der Waals surface area contributed by atoms with E-state index in [0.29, 0.717) is 18.0 Å². The maximum atomic E-state index is 6.00. The molecule has 0 saturated carbocycles. The van der Waals surface area contributed by atoms with Crippen LogP contribution in [0.15, 0.2) is 54.7 Å². The predicted octanol–water partition coefficient (Wildman–Crippen LogP) is 3.72. The highest BCUT2D eigenvalue weighted by atomic mass is 16.5. The van der Waals surface area contributed by atoms with Gasteiger partial charge in [-0.3, -0.25) is 0 Å². The third-order valence-corrected chi connectivity index (χ3v) is 3.25. The third kappa shape index (κ3) is 2.60. The molecule has 3 rings (SSSR count). The van der Waals surface area contributed by atoms with Gasteiger partial charge in [0.2, 0.25) is 0 Å². The number of nitrogens with one attached hydrogen (secondary N) is 1. The maximum Gasteiger partial charge on any atom is 0.153 e. The largest absolute Gasteiger partial charge is 0.491 e. The second-order valence-electron chi connectivity index (χ2n) is 4.67. The van der Waals surface area contributed by atoms with E-state index in [1.165, 1.54) is 0 Å². The summed E-state index contributed by atoms with van der Waals surface area (Å²) in [6, 6.07) is 15.8. The fourth-order valence-corrected chi connectivity index (χ4v) is 2.27. The zero-order valence-corrected chi connectivity index (χ0v) is 11.8. The molecule has 0 unspecified atom stereocenters. The van der Waals surface area contributed by atoms with Gasteiger partial charge in [-0.05, 0) is 24.6 Å². The van der Waals surface area contributed by atoms with Crippen molar-refractivity contribution in [1.82, 2.24) is 9.97 Å². The van der Waals surface area contributed by atoms with Gasteiger partial charge in [0, 0.05) is 0 Å². The third-order valence-electron chi connectivity index (χ3n) is 3.25. The number of nitrogens with zero attached hydrogens (tertiary/aromatic N) is 1. The average Bonchev–Trinajstić information content (AvgIpc) is 3.00. The van der Waals surface area contributed by atoms with Gasteiger partial charge in [-0.1, -0.05) is 36.4 Å². The molecule has 3 N–H and O–H groups in total. The number of nitrogens with two attached hydrogens (primary N) is 1. The van der Waals surface area contributed by atoms with Crippen LogP contribution in [0.3, 0.4) is 0 Å². The Labute approximate surface area is 123 Å². The Morgan fingerprint density at radius 2 is 1.90 bits per heavy atom. The number of nitrogen functional groups attached to an aromatic ring is 1. The molecule has 0 spiro atoms. The van der Waals surface area contributed by atoms with Crippen molar-refractivity contribution in [3.8, 4) is 28.4 Å². The number of anilines is 1. The van der Waals surface area contributed by atoms with Crippen LogP contribution < -0.4 is 10.5 Å². The van der Waals surface area contributed by atoms with Crippen LogP contribution in [0, 0.1) is 0 Å². The van der Waals surface area contributed by atoms with Gasteiger partial charge in [0.05, 0.1) is 29.7 Å². The normalized spacial score (nSPS) is 10.5. The minimum Gasteiger partial charge on any atom is -0.491 e. The summed E-state index contributed by atoms with van der Waals surface area (Å²) in [5, 5.41) is 0. The zero-order chi connectivity index (χ0) is 14.7. The number of imidazole rings is 1. The van der Waals surface area contributed by atoms with Crippen molar-refractivity contribution in [1.29, 1.82) is 0 Å². The van der Waals surface area contributed by atoms with Crippen molar-refractivity contribution in [3.05, 3.63) is 54.7 Å². The van der Waals surface area contributed by atoms with E-state index in [1.54, 1.807) is 0 Å². The molecule has 0 saturated heterocycles. The lowest BCUT2D eigenvalue weighted by Crippen LogP contribution is -1.99. The van der Waals surface area contributed by atoms with Crippen LogP contribution in [0.4, 0.5) is 5.69 Å². The molecule has 0 atom stereocenters. The molecule has 0 radical (unpaired) electrons. The Kier molecular flexibility index (Phi) is 3.60. The molecule has 0 aliphatic heterocycles. The standard InChI is InChI=1S/C17H17N3O/c1-2-21-16-13(9-6-10-14(16)18)17-19-11-15(20-17)12-7-4-3-5-8-12/h3-11H,2,18H2,1H3,(H,19,20). The van der Waals surface area contributed by atoms with E-state index in [2.05, 4.69) is 9.97 Å². The highest BCUT2D eigenvalue weighted by Gasteiger charge is 2.13. The first-order valence-corrected chi connectivity index (χ1v) is 6.91. The molecular formula is C17H17N3O. The fraction of sp³-hybridized carbons (Fsp3) is 0.118. The number of aromatic nitrogens is 2. The lowest BCUT2D eigenvalue weighted by atomic mass is 10.1. The van der Waals surface area contributed by atoms with Gasteiger partial charge < -0.3 is 15.5 Å². The second kappa shape index (κ2) is 5.71. The Morgan fingerprint density at radius 3 is 2.67 bits per heavy atom. The van der Waals surface area contributed by atoms with Crippen LogP contribution in [0.1, 0.15) is 6.92 Å². The van der Waals surface area contributed by atoms with Crippen LogP contribution in [0.5, 0.6) is 5.75 Å². The lowest BCUT2D eigenvalue weighted by Gasteiger charge is -2.10. The molecule has 4 heteroatoms. The number of para-hydroxylation sites is 1. The predicted molar refractivity (Wildman–Crippen MR) is 85.0 cm³/mol. The number of rotatable bonds is 4. The number of hydrogen-bond donors (Lipinski definition) is 2. The highest BCUT2D eigenvalue weighted by Crippen LogP contribution is 2.34. The molecule has 4 nitrogen and oxygen atoms in total. The van der Waals surface area contributed by atoms with E-state index in [-0.39, 0.29) is 0 Å². The van der Waals surface area contributed by atoms with Crippen molar-refractivity contribution >= 4 is 5.69 Å². The number of hydrogen-bond acceptors (Lipinski definition) is 3. The van der Waals surface area contributed by atoms with Crippen molar-refractivity contribution < 1.29 is 4.74 Å². The molecule has 0 aliphatic carbocycles. The van der Waals surface area contributed by atoms with Gasteiger partial charge in [-0.25, -0.2) is 4.98 Å². The molecule has 2 aromatic carbocycles. The van der Waals surface area contributed by atoms with E-state index in [0.717, 1.165) is 22.6 Å². The first-order chi connectivity index (χ1) is 10.3. The summed E-state index contributed by atoms with van der Waals surface area (Å²) in [6.07, 6.45) is 1.82. The van der Waals surface area contributed by atoms with E-state index >= 15 is 0 Å². The zero-order valence-electron chi connectivity index (χ0n) is 11.8. The highest BCUT2D eigenvalue weighted by molar-refractivity contribution is 5.75. The Morgan fingerprint density at radius 1 is 1.10 bits per heavy atom. The van der Waals surface area contributed by atoms with Crippen LogP contribution in [0.2, 0.25) is 0 Å². The van der Waals surface area contributed by atoms with Gasteiger partial charge in [0.25, 0.3) is 0 Å². The summed E-state index contributed by atoms with van der Waals surface area (Å²) in [5.41, 5.74) is 9.55. The van der Waals surface area contributed by atoms with Crippen molar-refractivity contribution in [2.24, 2.45) is 0 Å². The summed E-state index contributed by atoms with van der Waals surface area (Å²) < 4.78 is 5.65. The Balaban J connectivity index is 2.03. The molecule has 106 valence electrons. The van der Waals surface area contributed by atoms with Crippen molar-refractivity contribution in [3.63, 3.8) is 0 Å². The van der Waals surface area contributed by atoms with E-state index in [1.807, 2.05) is 61.7 Å². The molecule has 1 heterocycles. The van der Waals surface area contributed by atoms with Crippen molar-refractivity contribution in [2.45, 2.75) is 6.92 Å². The smallest absolute Gasteiger partial charge is 0.153 e. The van der Waals surface area contributed by atoms with Gasteiger partial charge in [0.1, 0.15) is 5.82 Å². The van der Waals surface area contributed by atoms with Gasteiger partial charge in [-0.2, -0.15) is 0 Å². The Bertz CT molecular complexity index is 735. The summed E-state index contributed by atoms with van der Waals surface area (Å²) in [6.45, 7) is 2.50. The van der Waals surface area contributed by atoms with E-state index in [4.69, 9.17) is 10.5 Å². The maximum absolute atomic E-state index is 6.00. The molecule has 0 amide bonds. The first-order valence-electron chi connectivity index (χ1n) is 6.91. The number of benzene rings is 2. The first kappa shape index (κ1) is 13.2. The number of H-pyrrole nitrogens is 1. The topological polar surface area (TPSA) is 63.9 Å². The Hall–Kier alpha value is -2.75. The summed E-state index contributed by atoms with van der Waals surface area (Å²) in [5.74, 6) is 1.43. The number of ether oxygens (including phenoxy) is 1. The monoisotopic (exact) mass is 279 g/mol. The molecule has 0 aliphatic rings. The molecule has 1 aromatic heterocycles. The molecule has 0 fully saturated rings. The van der Waals surface area contributed by atoms with Gasteiger partial charge in [-0.15, -0.1) is 0 Å². The summed E-state index contributed by atoms with van der Waals surface area (Å²) in [7, 11) is 0. The second-order valence-corrected chi connectivity index (χ2v) is 4.67. The molecule has 21 heavy (non-hydrogen) atoms. The summed E-state index contributed by atoms with van der Waals surface area (Å²) in [4.78, 5) is 7.78. The van der Waals surface area contributed by atoms with Crippen LogP contribution >= 0.6 is 0 Å². The molecule has 0 bridgehead atoms. The van der Waals surface area contributed by atoms with Crippen molar-refractivity contribution in [2.75, 3.05) is 12.3 Å². The van der Waals surface area contributed by atoms with Crippen LogP contribution in [-0.2, 0) is 0 Å². The average molecular weight is 279 g/mol. The molecular weight excluding hydrogens is 262 g/mol. The minimum atomic E-state index is 0.563. The quantitative estimate of drug-likeness (QED) is 0.715. The van der Waals surface area contributed by atoms with E-state index in [9.17, 15) is 0 Å². The van der Waals surface area contributed by atoms with E-state index < -0.39 is 0 Å². The van der Waals surface area contributed by atoms with Crippen LogP contribution in [-0.4, -0.2) is 16.6 Å². The minimum absolute atomic E-state index is 0.563. The molecule has 3 aromatic rings. The SMILES string of the molecule is CCOc1c(N)cccc1-c1ncc(-c2ccccc2)[nH]1. The number of aromatic amines is 1. The van der Waals surface area contributed by atoms with Gasteiger partial charge >= 0.3 is 0 Å².